The van der Waals surface area contributed by atoms with Gasteiger partial charge in [-0.1, -0.05) is 24.3 Å². The molecule has 0 N–H and O–H groups in total. The van der Waals surface area contributed by atoms with E-state index in [2.05, 4.69) is 16.0 Å². The first-order valence-electron chi connectivity index (χ1n) is 8.40. The van der Waals surface area contributed by atoms with Gasteiger partial charge >= 0.3 is 0 Å². The van der Waals surface area contributed by atoms with Gasteiger partial charge in [0.05, 0.1) is 29.8 Å². The largest absolute Gasteiger partial charge is 0.468 e. The van der Waals surface area contributed by atoms with Gasteiger partial charge in [0.25, 0.3) is 0 Å². The van der Waals surface area contributed by atoms with Crippen LogP contribution in [0.4, 0.5) is 0 Å². The maximum atomic E-state index is 12.0. The van der Waals surface area contributed by atoms with Crippen LogP contribution in [0.15, 0.2) is 59.3 Å². The summed E-state index contributed by atoms with van der Waals surface area (Å²) >= 11 is 0. The summed E-state index contributed by atoms with van der Waals surface area (Å²) in [5.41, 5.74) is 2.07. The topological polar surface area (TPSA) is 63.4 Å². The molecule has 1 aromatic carbocycles. The Morgan fingerprint density at radius 2 is 2.00 bits per heavy atom. The van der Waals surface area contributed by atoms with Crippen molar-refractivity contribution in [1.29, 1.82) is 0 Å². The highest BCUT2D eigenvalue weighted by atomic mass is 32.2. The Morgan fingerprint density at radius 3 is 2.76 bits per heavy atom. The molecule has 3 aromatic rings. The third kappa shape index (κ3) is 3.60. The molecule has 0 saturated carbocycles. The summed E-state index contributed by atoms with van der Waals surface area (Å²) in [5.74, 6) is 1.32. The van der Waals surface area contributed by atoms with Crippen LogP contribution in [0.1, 0.15) is 17.7 Å². The van der Waals surface area contributed by atoms with E-state index in [9.17, 15) is 8.42 Å². The number of hydrogen-bond acceptors (Lipinski definition) is 5. The number of furan rings is 1. The number of pyridine rings is 1. The van der Waals surface area contributed by atoms with E-state index in [1.165, 1.54) is 0 Å². The van der Waals surface area contributed by atoms with Gasteiger partial charge in [-0.15, -0.1) is 0 Å². The second-order valence-electron chi connectivity index (χ2n) is 6.53. The lowest BCUT2D eigenvalue weighted by molar-refractivity contribution is 0.180. The van der Waals surface area contributed by atoms with Gasteiger partial charge in [-0.05, 0) is 30.2 Å². The molecule has 130 valence electrons. The van der Waals surface area contributed by atoms with Crippen LogP contribution in [0.5, 0.6) is 0 Å². The Hall–Kier alpha value is -2.18. The molecule has 1 atom stereocenters. The fourth-order valence-corrected chi connectivity index (χ4v) is 5.26. The van der Waals surface area contributed by atoms with Crippen LogP contribution in [0.25, 0.3) is 10.9 Å². The first kappa shape index (κ1) is 16.3. The Bertz CT molecular complexity index is 962. The molecule has 1 saturated heterocycles. The fraction of sp³-hybridized carbons (Fsp3) is 0.316. The lowest BCUT2D eigenvalue weighted by Crippen LogP contribution is -2.35. The number of rotatable bonds is 5. The van der Waals surface area contributed by atoms with Gasteiger partial charge in [0.2, 0.25) is 0 Å². The number of aromatic nitrogens is 1. The number of para-hydroxylation sites is 1. The molecule has 0 aliphatic carbocycles. The molecule has 5 nitrogen and oxygen atoms in total. The average molecular weight is 356 g/mol. The van der Waals surface area contributed by atoms with Gasteiger partial charge in [0, 0.05) is 24.2 Å². The molecule has 3 heterocycles. The van der Waals surface area contributed by atoms with Crippen LogP contribution in [0, 0.1) is 0 Å². The van der Waals surface area contributed by atoms with Crippen molar-refractivity contribution in [3.63, 3.8) is 0 Å². The van der Waals surface area contributed by atoms with Crippen LogP contribution in [-0.2, 0) is 22.9 Å². The molecule has 0 bridgehead atoms. The highest BCUT2D eigenvalue weighted by Gasteiger charge is 2.32. The lowest BCUT2D eigenvalue weighted by Gasteiger charge is -2.27. The maximum absolute atomic E-state index is 12.0. The quantitative estimate of drug-likeness (QED) is 0.703. The van der Waals surface area contributed by atoms with Crippen molar-refractivity contribution in [3.05, 3.63) is 66.2 Å². The van der Waals surface area contributed by atoms with E-state index in [1.807, 2.05) is 36.4 Å². The minimum absolute atomic E-state index is 0.00840. The predicted molar refractivity (Wildman–Crippen MR) is 96.8 cm³/mol. The standard InChI is InChI=1S/C19H20N2O3S/c22-25(23)11-8-17(14-25)21(13-18-7-3-10-24-18)12-16-5-1-4-15-6-2-9-20-19(15)16/h1-7,9-10,17H,8,11-14H2. The zero-order chi connectivity index (χ0) is 17.3. The molecule has 1 aliphatic heterocycles. The molecule has 2 aromatic heterocycles. The summed E-state index contributed by atoms with van der Waals surface area (Å²) in [4.78, 5) is 6.72. The first-order valence-corrected chi connectivity index (χ1v) is 10.2. The normalized spacial score (nSPS) is 19.6. The van der Waals surface area contributed by atoms with Crippen LogP contribution < -0.4 is 0 Å². The smallest absolute Gasteiger partial charge is 0.151 e. The molecule has 0 spiro atoms. The summed E-state index contributed by atoms with van der Waals surface area (Å²) in [6, 6.07) is 13.9. The monoisotopic (exact) mass is 356 g/mol. The zero-order valence-electron chi connectivity index (χ0n) is 13.8. The molecule has 6 heteroatoms. The van der Waals surface area contributed by atoms with Crippen molar-refractivity contribution >= 4 is 20.7 Å². The second-order valence-corrected chi connectivity index (χ2v) is 8.76. The van der Waals surface area contributed by atoms with Crippen molar-refractivity contribution in [1.82, 2.24) is 9.88 Å². The molecule has 0 radical (unpaired) electrons. The summed E-state index contributed by atoms with van der Waals surface area (Å²) in [5, 5.41) is 1.09. The Balaban J connectivity index is 1.65. The number of fused-ring (bicyclic) bond motifs is 1. The molecule has 1 unspecified atom stereocenters. The minimum Gasteiger partial charge on any atom is -0.468 e. The summed E-state index contributed by atoms with van der Waals surface area (Å²) < 4.78 is 29.4. The van der Waals surface area contributed by atoms with E-state index in [1.54, 1.807) is 12.5 Å². The van der Waals surface area contributed by atoms with Crippen LogP contribution in [0.3, 0.4) is 0 Å². The van der Waals surface area contributed by atoms with Gasteiger partial charge in [-0.3, -0.25) is 9.88 Å². The highest BCUT2D eigenvalue weighted by molar-refractivity contribution is 7.91. The van der Waals surface area contributed by atoms with Crippen molar-refractivity contribution in [2.24, 2.45) is 0 Å². The summed E-state index contributed by atoms with van der Waals surface area (Å²) in [6.07, 6.45) is 4.11. The maximum Gasteiger partial charge on any atom is 0.151 e. The van der Waals surface area contributed by atoms with Gasteiger partial charge in [0.15, 0.2) is 9.84 Å². The molecular formula is C19H20N2O3S. The van der Waals surface area contributed by atoms with Crippen molar-refractivity contribution in [2.75, 3.05) is 11.5 Å². The molecule has 0 amide bonds. The lowest BCUT2D eigenvalue weighted by atomic mass is 10.1. The van der Waals surface area contributed by atoms with E-state index < -0.39 is 9.84 Å². The number of hydrogen-bond donors (Lipinski definition) is 0. The van der Waals surface area contributed by atoms with E-state index >= 15 is 0 Å². The van der Waals surface area contributed by atoms with Gasteiger partial charge < -0.3 is 4.42 Å². The molecule has 1 fully saturated rings. The summed E-state index contributed by atoms with van der Waals surface area (Å²) in [6.45, 7) is 1.24. The van der Waals surface area contributed by atoms with Crippen molar-refractivity contribution in [3.8, 4) is 0 Å². The van der Waals surface area contributed by atoms with Crippen molar-refractivity contribution in [2.45, 2.75) is 25.6 Å². The van der Waals surface area contributed by atoms with E-state index in [4.69, 9.17) is 4.42 Å². The Labute approximate surface area is 147 Å². The van der Waals surface area contributed by atoms with Gasteiger partial charge in [-0.25, -0.2) is 8.42 Å². The zero-order valence-corrected chi connectivity index (χ0v) is 14.7. The number of nitrogens with zero attached hydrogens (tertiary/aromatic N) is 2. The van der Waals surface area contributed by atoms with Crippen molar-refractivity contribution < 1.29 is 12.8 Å². The average Bonchev–Trinajstić information content (AvgIpc) is 3.24. The predicted octanol–water partition coefficient (Wildman–Crippen LogP) is 3.02. The molecular weight excluding hydrogens is 336 g/mol. The number of benzene rings is 1. The van der Waals surface area contributed by atoms with Crippen LogP contribution >= 0.6 is 0 Å². The van der Waals surface area contributed by atoms with E-state index in [-0.39, 0.29) is 17.5 Å². The minimum atomic E-state index is -2.94. The first-order chi connectivity index (χ1) is 12.1. The Morgan fingerprint density at radius 1 is 1.12 bits per heavy atom. The number of sulfone groups is 1. The van der Waals surface area contributed by atoms with Crippen LogP contribution in [0.2, 0.25) is 0 Å². The SMILES string of the molecule is O=S1(=O)CCC(N(Cc2ccco2)Cc2cccc3cccnc23)C1. The highest BCUT2D eigenvalue weighted by Crippen LogP contribution is 2.25. The van der Waals surface area contributed by atoms with E-state index in [0.29, 0.717) is 19.5 Å². The molecule has 25 heavy (non-hydrogen) atoms. The van der Waals surface area contributed by atoms with Crippen LogP contribution in [-0.4, -0.2) is 35.8 Å². The van der Waals surface area contributed by atoms with Gasteiger partial charge in [0.1, 0.15) is 5.76 Å². The second kappa shape index (κ2) is 6.61. The Kier molecular flexibility index (Phi) is 4.31. The van der Waals surface area contributed by atoms with E-state index in [0.717, 1.165) is 22.2 Å². The fourth-order valence-electron chi connectivity index (χ4n) is 3.49. The molecule has 4 rings (SSSR count). The summed E-state index contributed by atoms with van der Waals surface area (Å²) in [7, 11) is -2.94. The third-order valence-corrected chi connectivity index (χ3v) is 6.50. The third-order valence-electron chi connectivity index (χ3n) is 4.75. The van der Waals surface area contributed by atoms with Gasteiger partial charge in [-0.2, -0.15) is 0 Å². The molecule has 1 aliphatic rings.